The summed E-state index contributed by atoms with van der Waals surface area (Å²) in [6.07, 6.45) is 3.51. The Balaban J connectivity index is 2.05. The van der Waals surface area contributed by atoms with Gasteiger partial charge in [-0.3, -0.25) is 4.79 Å². The zero-order chi connectivity index (χ0) is 21.8. The highest BCUT2D eigenvalue weighted by Gasteiger charge is 2.27. The molecule has 0 saturated heterocycles. The van der Waals surface area contributed by atoms with Crippen LogP contribution in [0, 0.1) is 5.92 Å². The van der Waals surface area contributed by atoms with Crippen molar-refractivity contribution in [3.8, 4) is 22.8 Å². The first-order chi connectivity index (χ1) is 14.3. The molecular formula is C21H23ClN2O6. The standard InChI is InChI=1S/C21H23ClN2O6/c1-12(2)17-11-30-19-9-20(29-6-4-5-23-28-3)15(22)7-13(19)16-8-18(25)14(21(26)27)10-24(16)17/h5,7-10,12,17H,4,6,11H2,1-3H3,(H,26,27)/b23-5+/t17-/m0/s1. The minimum absolute atomic E-state index is 0.133. The van der Waals surface area contributed by atoms with Gasteiger partial charge < -0.3 is 24.0 Å². The summed E-state index contributed by atoms with van der Waals surface area (Å²) >= 11 is 6.42. The summed E-state index contributed by atoms with van der Waals surface area (Å²) in [6.45, 7) is 4.67. The normalized spacial score (nSPS) is 15.3. The van der Waals surface area contributed by atoms with Crippen LogP contribution in [0.5, 0.6) is 11.5 Å². The number of aromatic nitrogens is 1. The van der Waals surface area contributed by atoms with Crippen LogP contribution < -0.4 is 14.9 Å². The van der Waals surface area contributed by atoms with E-state index in [-0.39, 0.29) is 17.5 Å². The summed E-state index contributed by atoms with van der Waals surface area (Å²) in [6, 6.07) is 4.52. The number of halogens is 1. The number of fused-ring (bicyclic) bond motifs is 3. The number of aromatic carboxylic acids is 1. The summed E-state index contributed by atoms with van der Waals surface area (Å²) < 4.78 is 13.5. The number of carboxylic acids is 1. The molecule has 160 valence electrons. The summed E-state index contributed by atoms with van der Waals surface area (Å²) in [4.78, 5) is 28.5. The third-order valence-electron chi connectivity index (χ3n) is 4.84. The van der Waals surface area contributed by atoms with Crippen LogP contribution in [0.15, 0.2) is 34.3 Å². The number of benzene rings is 1. The summed E-state index contributed by atoms with van der Waals surface area (Å²) in [7, 11) is 1.46. The molecule has 2 aromatic rings. The average Bonchev–Trinajstić information content (AvgIpc) is 2.83. The van der Waals surface area contributed by atoms with Gasteiger partial charge in [0.15, 0.2) is 5.43 Å². The maximum absolute atomic E-state index is 12.4. The summed E-state index contributed by atoms with van der Waals surface area (Å²) in [5, 5.41) is 13.4. The SMILES string of the molecule is CO/N=C/CCOc1cc2c(cc1Cl)-c1cc(=O)c(C(=O)O)cn1[C@H](C(C)C)CO2. The Hall–Kier alpha value is -3.00. The third kappa shape index (κ3) is 4.43. The smallest absolute Gasteiger partial charge is 0.341 e. The molecule has 2 heterocycles. The van der Waals surface area contributed by atoms with Gasteiger partial charge in [0, 0.05) is 36.5 Å². The molecule has 0 unspecified atom stereocenters. The molecule has 1 atom stereocenters. The highest BCUT2D eigenvalue weighted by atomic mass is 35.5. The fourth-order valence-electron chi connectivity index (χ4n) is 3.28. The Morgan fingerprint density at radius 3 is 2.87 bits per heavy atom. The Morgan fingerprint density at radius 2 is 2.20 bits per heavy atom. The quantitative estimate of drug-likeness (QED) is 0.403. The lowest BCUT2D eigenvalue weighted by Gasteiger charge is -2.24. The van der Waals surface area contributed by atoms with E-state index < -0.39 is 11.4 Å². The molecule has 3 rings (SSSR count). The monoisotopic (exact) mass is 434 g/mol. The van der Waals surface area contributed by atoms with Crippen LogP contribution in [0.1, 0.15) is 36.7 Å². The van der Waals surface area contributed by atoms with E-state index in [4.69, 9.17) is 21.1 Å². The highest BCUT2D eigenvalue weighted by molar-refractivity contribution is 6.32. The molecule has 8 nitrogen and oxygen atoms in total. The van der Waals surface area contributed by atoms with Crippen molar-refractivity contribution >= 4 is 23.8 Å². The number of hydrogen-bond acceptors (Lipinski definition) is 6. The Morgan fingerprint density at radius 1 is 1.43 bits per heavy atom. The van der Waals surface area contributed by atoms with Crippen molar-refractivity contribution in [1.29, 1.82) is 0 Å². The number of nitrogens with zero attached hydrogens (tertiary/aromatic N) is 2. The number of pyridine rings is 1. The van der Waals surface area contributed by atoms with Gasteiger partial charge in [-0.1, -0.05) is 30.6 Å². The zero-order valence-corrected chi connectivity index (χ0v) is 17.7. The molecule has 0 fully saturated rings. The second-order valence-electron chi connectivity index (χ2n) is 7.16. The second-order valence-corrected chi connectivity index (χ2v) is 7.57. The molecule has 1 N–H and O–H groups in total. The first-order valence-corrected chi connectivity index (χ1v) is 9.85. The van der Waals surface area contributed by atoms with E-state index in [1.165, 1.54) is 19.4 Å². The lowest BCUT2D eigenvalue weighted by molar-refractivity contribution is 0.0694. The van der Waals surface area contributed by atoms with E-state index in [0.29, 0.717) is 47.4 Å². The fourth-order valence-corrected chi connectivity index (χ4v) is 3.50. The van der Waals surface area contributed by atoms with Crippen molar-refractivity contribution in [3.05, 3.63) is 45.2 Å². The number of carbonyl (C=O) groups is 1. The first kappa shape index (κ1) is 21.7. The molecule has 0 radical (unpaired) electrons. The largest absolute Gasteiger partial charge is 0.492 e. The second kappa shape index (κ2) is 9.21. The number of ether oxygens (including phenoxy) is 2. The van der Waals surface area contributed by atoms with Gasteiger partial charge in [0.2, 0.25) is 0 Å². The molecule has 1 aromatic heterocycles. The van der Waals surface area contributed by atoms with Gasteiger partial charge in [-0.15, -0.1) is 0 Å². The van der Waals surface area contributed by atoms with Gasteiger partial charge in [-0.05, 0) is 12.0 Å². The van der Waals surface area contributed by atoms with E-state index in [1.807, 2.05) is 13.8 Å². The van der Waals surface area contributed by atoms with Crippen molar-refractivity contribution in [2.45, 2.75) is 26.3 Å². The predicted molar refractivity (Wildman–Crippen MR) is 113 cm³/mol. The summed E-state index contributed by atoms with van der Waals surface area (Å²) in [5.74, 6) is -0.171. The lowest BCUT2D eigenvalue weighted by atomic mass is 10.0. The lowest BCUT2D eigenvalue weighted by Crippen LogP contribution is -2.25. The molecular weight excluding hydrogens is 412 g/mol. The minimum atomic E-state index is -1.26. The van der Waals surface area contributed by atoms with Crippen LogP contribution in [0.3, 0.4) is 0 Å². The van der Waals surface area contributed by atoms with Crippen molar-refractivity contribution in [1.82, 2.24) is 4.57 Å². The van der Waals surface area contributed by atoms with Crippen molar-refractivity contribution in [2.24, 2.45) is 11.1 Å². The fraction of sp³-hybridized carbons (Fsp3) is 0.381. The topological polar surface area (TPSA) is 99.4 Å². The molecule has 9 heteroatoms. The van der Waals surface area contributed by atoms with Crippen LogP contribution in [-0.4, -0.2) is 42.2 Å². The minimum Gasteiger partial charge on any atom is -0.492 e. The number of rotatable bonds is 7. The van der Waals surface area contributed by atoms with Crippen molar-refractivity contribution in [3.63, 3.8) is 0 Å². The maximum Gasteiger partial charge on any atom is 0.341 e. The predicted octanol–water partition coefficient (Wildman–Crippen LogP) is 3.86. The molecule has 0 bridgehead atoms. The van der Waals surface area contributed by atoms with Crippen LogP contribution in [0.2, 0.25) is 5.02 Å². The Kier molecular flexibility index (Phi) is 6.66. The van der Waals surface area contributed by atoms with Gasteiger partial charge >= 0.3 is 5.97 Å². The zero-order valence-electron chi connectivity index (χ0n) is 16.9. The molecule has 1 aliphatic heterocycles. The van der Waals surface area contributed by atoms with Crippen LogP contribution in [0.25, 0.3) is 11.3 Å². The van der Waals surface area contributed by atoms with E-state index in [1.54, 1.807) is 22.9 Å². The average molecular weight is 435 g/mol. The van der Waals surface area contributed by atoms with E-state index in [2.05, 4.69) is 9.99 Å². The van der Waals surface area contributed by atoms with E-state index in [0.717, 1.165) is 0 Å². The van der Waals surface area contributed by atoms with Crippen molar-refractivity contribution < 1.29 is 24.2 Å². The maximum atomic E-state index is 12.4. The Bertz CT molecular complexity index is 1030. The Labute approximate surface area is 178 Å². The van der Waals surface area contributed by atoms with Gasteiger partial charge in [-0.25, -0.2) is 4.79 Å². The number of carboxylic acid groups (broad SMARTS) is 1. The molecule has 0 saturated carbocycles. The third-order valence-corrected chi connectivity index (χ3v) is 5.14. The number of hydrogen-bond donors (Lipinski definition) is 1. The molecule has 0 spiro atoms. The van der Waals surface area contributed by atoms with Gasteiger partial charge in [0.1, 0.15) is 30.8 Å². The summed E-state index contributed by atoms with van der Waals surface area (Å²) in [5.41, 5.74) is 0.303. The van der Waals surface area contributed by atoms with Gasteiger partial charge in [0.05, 0.1) is 23.4 Å². The molecule has 1 aliphatic rings. The van der Waals surface area contributed by atoms with Gasteiger partial charge in [-0.2, -0.15) is 0 Å². The van der Waals surface area contributed by atoms with Crippen LogP contribution in [-0.2, 0) is 4.84 Å². The van der Waals surface area contributed by atoms with Crippen LogP contribution in [0.4, 0.5) is 0 Å². The van der Waals surface area contributed by atoms with Crippen molar-refractivity contribution in [2.75, 3.05) is 20.3 Å². The van der Waals surface area contributed by atoms with Gasteiger partial charge in [0.25, 0.3) is 0 Å². The highest BCUT2D eigenvalue weighted by Crippen LogP contribution is 2.42. The van der Waals surface area contributed by atoms with Crippen LogP contribution >= 0.6 is 11.6 Å². The first-order valence-electron chi connectivity index (χ1n) is 9.47. The molecule has 0 aliphatic carbocycles. The molecule has 0 amide bonds. The van der Waals surface area contributed by atoms with E-state index in [9.17, 15) is 14.7 Å². The number of oxime groups is 1. The molecule has 30 heavy (non-hydrogen) atoms. The molecule has 1 aromatic carbocycles. The van der Waals surface area contributed by atoms with E-state index >= 15 is 0 Å².